The minimum absolute atomic E-state index is 0.108. The zero-order chi connectivity index (χ0) is 18.9. The predicted octanol–water partition coefficient (Wildman–Crippen LogP) is 1.14. The highest BCUT2D eigenvalue weighted by atomic mass is 16.5. The maximum Gasteiger partial charge on any atom is 0.326 e. The number of rotatable bonds is 7. The van der Waals surface area contributed by atoms with E-state index >= 15 is 0 Å². The number of nitrogens with zero attached hydrogens (tertiary/aromatic N) is 1. The fourth-order valence-corrected chi connectivity index (χ4v) is 2.98. The lowest BCUT2D eigenvalue weighted by Crippen LogP contribution is -2.46. The molecule has 1 aliphatic heterocycles. The molecule has 1 N–H and O–H groups in total. The molecule has 1 saturated carbocycles. The van der Waals surface area contributed by atoms with Crippen molar-refractivity contribution in [3.8, 4) is 5.75 Å². The number of imide groups is 1. The first-order valence-corrected chi connectivity index (χ1v) is 8.32. The lowest BCUT2D eigenvalue weighted by Gasteiger charge is -2.20. The van der Waals surface area contributed by atoms with Crippen LogP contribution in [0.25, 0.3) is 0 Å². The number of ketones is 1. The van der Waals surface area contributed by atoms with Gasteiger partial charge in [0.15, 0.2) is 12.4 Å². The number of hydrogen-bond donors (Lipinski definition) is 1. The molecule has 1 heterocycles. The second-order valence-electron chi connectivity index (χ2n) is 6.61. The maximum absolute atomic E-state index is 12.4. The smallest absolute Gasteiger partial charge is 0.326 e. The van der Waals surface area contributed by atoms with Crippen LogP contribution in [0.2, 0.25) is 0 Å². The average molecular weight is 360 g/mol. The molecule has 8 nitrogen and oxygen atoms in total. The number of carbonyl (C=O) groups excluding carboxylic acids is 4. The zero-order valence-electron chi connectivity index (χ0n) is 14.6. The van der Waals surface area contributed by atoms with E-state index in [4.69, 9.17) is 9.47 Å². The molecule has 1 aromatic carbocycles. The van der Waals surface area contributed by atoms with Crippen LogP contribution in [0.4, 0.5) is 4.79 Å². The summed E-state index contributed by atoms with van der Waals surface area (Å²) in [6.07, 6.45) is 1.74. The molecule has 0 spiro atoms. The fraction of sp³-hybridized carbons (Fsp3) is 0.444. The molecule has 1 atom stereocenters. The summed E-state index contributed by atoms with van der Waals surface area (Å²) >= 11 is 0. The number of nitrogens with one attached hydrogen (secondary N) is 1. The van der Waals surface area contributed by atoms with Gasteiger partial charge in [-0.1, -0.05) is 0 Å². The van der Waals surface area contributed by atoms with Crippen LogP contribution >= 0.6 is 0 Å². The van der Waals surface area contributed by atoms with Crippen LogP contribution < -0.4 is 10.1 Å². The molecule has 2 fully saturated rings. The van der Waals surface area contributed by atoms with Crippen LogP contribution in [-0.4, -0.2) is 54.4 Å². The van der Waals surface area contributed by atoms with Crippen molar-refractivity contribution in [3.63, 3.8) is 0 Å². The second-order valence-corrected chi connectivity index (χ2v) is 6.61. The standard InChI is InChI=1S/C18H20N2O6/c1-18(12-5-6-12)16(23)20(17(24)19-18)9-15(22)26-10-14(21)11-3-7-13(25-2)8-4-11/h3-4,7-8,12H,5-6,9-10H2,1-2H3,(H,19,24)/t18-/m1/s1. The molecule has 0 aromatic heterocycles. The third-order valence-corrected chi connectivity index (χ3v) is 4.76. The Labute approximate surface area is 150 Å². The van der Waals surface area contributed by atoms with Gasteiger partial charge in [-0.2, -0.15) is 0 Å². The van der Waals surface area contributed by atoms with E-state index in [0.29, 0.717) is 11.3 Å². The van der Waals surface area contributed by atoms with Gasteiger partial charge in [0.25, 0.3) is 5.91 Å². The molecule has 0 unspecified atom stereocenters. The van der Waals surface area contributed by atoms with Gasteiger partial charge in [-0.3, -0.25) is 19.3 Å². The summed E-state index contributed by atoms with van der Waals surface area (Å²) in [5.74, 6) is -0.910. The number of benzene rings is 1. The van der Waals surface area contributed by atoms with E-state index in [9.17, 15) is 19.2 Å². The Hall–Kier alpha value is -2.90. The van der Waals surface area contributed by atoms with Gasteiger partial charge in [0.2, 0.25) is 0 Å². The number of amides is 3. The van der Waals surface area contributed by atoms with Crippen LogP contribution in [0, 0.1) is 5.92 Å². The third kappa shape index (κ3) is 3.40. The van der Waals surface area contributed by atoms with E-state index in [2.05, 4.69) is 5.32 Å². The largest absolute Gasteiger partial charge is 0.497 e. The Morgan fingerprint density at radius 2 is 1.88 bits per heavy atom. The average Bonchev–Trinajstić information content (AvgIpc) is 3.46. The van der Waals surface area contributed by atoms with E-state index < -0.39 is 36.6 Å². The second kappa shape index (κ2) is 6.78. The van der Waals surface area contributed by atoms with Crippen molar-refractivity contribution in [2.45, 2.75) is 25.3 Å². The predicted molar refractivity (Wildman–Crippen MR) is 89.7 cm³/mol. The van der Waals surface area contributed by atoms with E-state index in [1.807, 2.05) is 0 Å². The van der Waals surface area contributed by atoms with E-state index in [1.165, 1.54) is 7.11 Å². The SMILES string of the molecule is COc1ccc(C(=O)COC(=O)CN2C(=O)N[C@](C)(C3CC3)C2=O)cc1. The lowest BCUT2D eigenvalue weighted by molar-refractivity contribution is -0.146. The monoisotopic (exact) mass is 360 g/mol. The Bertz CT molecular complexity index is 755. The number of carbonyl (C=O) groups is 4. The van der Waals surface area contributed by atoms with E-state index in [0.717, 1.165) is 17.7 Å². The number of methoxy groups -OCH3 is 1. The van der Waals surface area contributed by atoms with E-state index in [-0.39, 0.29) is 11.7 Å². The van der Waals surface area contributed by atoms with Crippen molar-refractivity contribution in [1.82, 2.24) is 10.2 Å². The van der Waals surface area contributed by atoms with Gasteiger partial charge in [0, 0.05) is 5.56 Å². The van der Waals surface area contributed by atoms with Gasteiger partial charge >= 0.3 is 12.0 Å². The Kier molecular flexibility index (Phi) is 4.67. The topological polar surface area (TPSA) is 102 Å². The van der Waals surface area contributed by atoms with E-state index in [1.54, 1.807) is 31.2 Å². The Morgan fingerprint density at radius 3 is 2.46 bits per heavy atom. The Balaban J connectivity index is 1.53. The van der Waals surface area contributed by atoms with Gasteiger partial charge in [-0.25, -0.2) is 4.79 Å². The molecule has 1 saturated heterocycles. The van der Waals surface area contributed by atoms with Gasteiger partial charge in [-0.05, 0) is 49.9 Å². The molecule has 2 aliphatic rings. The fourth-order valence-electron chi connectivity index (χ4n) is 2.98. The maximum atomic E-state index is 12.4. The van der Waals surface area contributed by atoms with Crippen molar-refractivity contribution in [2.24, 2.45) is 5.92 Å². The third-order valence-electron chi connectivity index (χ3n) is 4.76. The van der Waals surface area contributed by atoms with Gasteiger partial charge in [-0.15, -0.1) is 0 Å². The molecule has 138 valence electrons. The number of urea groups is 1. The molecule has 3 amide bonds. The summed E-state index contributed by atoms with van der Waals surface area (Å²) in [7, 11) is 1.52. The van der Waals surface area contributed by atoms with Gasteiger partial charge < -0.3 is 14.8 Å². The molecule has 1 aromatic rings. The van der Waals surface area contributed by atoms with Crippen LogP contribution in [0.3, 0.4) is 0 Å². The first-order chi connectivity index (χ1) is 12.3. The van der Waals surface area contributed by atoms with Crippen LogP contribution in [-0.2, 0) is 14.3 Å². The highest BCUT2D eigenvalue weighted by Crippen LogP contribution is 2.42. The lowest BCUT2D eigenvalue weighted by atomic mass is 9.96. The van der Waals surface area contributed by atoms with Crippen molar-refractivity contribution < 1.29 is 28.7 Å². The number of hydrogen-bond acceptors (Lipinski definition) is 6. The summed E-state index contributed by atoms with van der Waals surface area (Å²) < 4.78 is 9.93. The normalized spacial score (nSPS) is 22.2. The highest BCUT2D eigenvalue weighted by Gasteiger charge is 2.56. The Morgan fingerprint density at radius 1 is 1.23 bits per heavy atom. The van der Waals surface area contributed by atoms with Crippen LogP contribution in [0.1, 0.15) is 30.1 Å². The van der Waals surface area contributed by atoms with Crippen molar-refractivity contribution in [3.05, 3.63) is 29.8 Å². The first-order valence-electron chi connectivity index (χ1n) is 8.32. The van der Waals surface area contributed by atoms with Crippen molar-refractivity contribution in [2.75, 3.05) is 20.3 Å². The quantitative estimate of drug-likeness (QED) is 0.444. The van der Waals surface area contributed by atoms with Crippen LogP contribution in [0.5, 0.6) is 5.75 Å². The molecular formula is C18H20N2O6. The van der Waals surface area contributed by atoms with Gasteiger partial charge in [0.05, 0.1) is 7.11 Å². The summed E-state index contributed by atoms with van der Waals surface area (Å²) in [6.45, 7) is 0.695. The van der Waals surface area contributed by atoms with Gasteiger partial charge in [0.1, 0.15) is 17.8 Å². The van der Waals surface area contributed by atoms with Crippen LogP contribution in [0.15, 0.2) is 24.3 Å². The summed E-state index contributed by atoms with van der Waals surface area (Å²) in [5.41, 5.74) is -0.578. The minimum Gasteiger partial charge on any atom is -0.497 e. The summed E-state index contributed by atoms with van der Waals surface area (Å²) in [5, 5.41) is 2.65. The molecule has 0 bridgehead atoms. The van der Waals surface area contributed by atoms with Crippen molar-refractivity contribution >= 4 is 23.7 Å². The molecular weight excluding hydrogens is 340 g/mol. The minimum atomic E-state index is -0.948. The molecule has 3 rings (SSSR count). The summed E-state index contributed by atoms with van der Waals surface area (Å²) in [6, 6.07) is 5.77. The molecule has 26 heavy (non-hydrogen) atoms. The molecule has 8 heteroatoms. The number of esters is 1. The number of Topliss-reactive ketones (excluding diaryl/α,β-unsaturated/α-hetero) is 1. The summed E-state index contributed by atoms with van der Waals surface area (Å²) in [4.78, 5) is 49.3. The molecule has 1 aliphatic carbocycles. The molecule has 0 radical (unpaired) electrons. The zero-order valence-corrected chi connectivity index (χ0v) is 14.6. The first kappa shape index (κ1) is 17.9. The number of ether oxygens (including phenoxy) is 2. The van der Waals surface area contributed by atoms with Crippen molar-refractivity contribution in [1.29, 1.82) is 0 Å². The highest BCUT2D eigenvalue weighted by molar-refractivity contribution is 6.09.